The Balaban J connectivity index is 1.91. The monoisotopic (exact) mass is 336 g/mol. The summed E-state index contributed by atoms with van der Waals surface area (Å²) in [6.45, 7) is 9.35. The molecule has 2 rings (SSSR count). The summed E-state index contributed by atoms with van der Waals surface area (Å²) in [7, 11) is 0. The maximum absolute atomic E-state index is 10.2. The van der Waals surface area contributed by atoms with Crippen LogP contribution in [0.3, 0.4) is 0 Å². The molecule has 0 fully saturated rings. The summed E-state index contributed by atoms with van der Waals surface area (Å²) in [6.07, 6.45) is 2.39. The molecule has 0 amide bonds. The summed E-state index contributed by atoms with van der Waals surface area (Å²) in [6, 6.07) is 6.11. The fraction of sp³-hybridized carbons (Fsp3) is 0.556. The SMILES string of the molecule is CCSC(C)(CC)NCC(O)COc1cc(C)cc2[nH]ccc12. The van der Waals surface area contributed by atoms with Crippen molar-refractivity contribution < 1.29 is 9.84 Å². The number of rotatable bonds is 9. The molecule has 0 aliphatic carbocycles. The molecule has 2 unspecified atom stereocenters. The number of aryl methyl sites for hydroxylation is 1. The lowest BCUT2D eigenvalue weighted by atomic mass is 10.1. The smallest absolute Gasteiger partial charge is 0.129 e. The lowest BCUT2D eigenvalue weighted by molar-refractivity contribution is 0.103. The van der Waals surface area contributed by atoms with Gasteiger partial charge in [-0.25, -0.2) is 0 Å². The van der Waals surface area contributed by atoms with Crippen molar-refractivity contribution >= 4 is 22.7 Å². The van der Waals surface area contributed by atoms with Gasteiger partial charge in [0.2, 0.25) is 0 Å². The first-order valence-electron chi connectivity index (χ1n) is 8.25. The molecule has 0 bridgehead atoms. The molecule has 1 aromatic heterocycles. The van der Waals surface area contributed by atoms with E-state index >= 15 is 0 Å². The van der Waals surface area contributed by atoms with Gasteiger partial charge in [0.1, 0.15) is 18.5 Å². The van der Waals surface area contributed by atoms with Gasteiger partial charge in [-0.15, -0.1) is 11.8 Å². The highest BCUT2D eigenvalue weighted by Crippen LogP contribution is 2.27. The zero-order valence-electron chi connectivity index (χ0n) is 14.5. The van der Waals surface area contributed by atoms with Gasteiger partial charge >= 0.3 is 0 Å². The molecule has 0 spiro atoms. The third-order valence-electron chi connectivity index (χ3n) is 4.06. The molecule has 0 radical (unpaired) electrons. The maximum atomic E-state index is 10.2. The van der Waals surface area contributed by atoms with Crippen molar-refractivity contribution in [1.82, 2.24) is 10.3 Å². The Morgan fingerprint density at radius 3 is 2.87 bits per heavy atom. The van der Waals surface area contributed by atoms with Crippen LogP contribution in [-0.4, -0.2) is 40.0 Å². The molecule has 2 aromatic rings. The van der Waals surface area contributed by atoms with Gasteiger partial charge in [0, 0.05) is 23.6 Å². The number of fused-ring (bicyclic) bond motifs is 1. The number of ether oxygens (including phenoxy) is 1. The van der Waals surface area contributed by atoms with E-state index in [1.165, 1.54) is 0 Å². The van der Waals surface area contributed by atoms with E-state index in [4.69, 9.17) is 4.74 Å². The second-order valence-electron chi connectivity index (χ2n) is 6.07. The molecular formula is C18H28N2O2S. The van der Waals surface area contributed by atoms with Crippen molar-refractivity contribution in [2.24, 2.45) is 0 Å². The van der Waals surface area contributed by atoms with Gasteiger partial charge in [0.25, 0.3) is 0 Å². The lowest BCUT2D eigenvalue weighted by Gasteiger charge is -2.30. The normalized spacial score (nSPS) is 15.5. The minimum atomic E-state index is -0.534. The van der Waals surface area contributed by atoms with Crippen molar-refractivity contribution in [3.8, 4) is 5.75 Å². The summed E-state index contributed by atoms with van der Waals surface area (Å²) < 4.78 is 5.86. The van der Waals surface area contributed by atoms with E-state index in [0.29, 0.717) is 6.54 Å². The second-order valence-corrected chi connectivity index (χ2v) is 7.83. The number of thioether (sulfide) groups is 1. The number of hydrogen-bond donors (Lipinski definition) is 3. The van der Waals surface area contributed by atoms with Crippen LogP contribution in [0.25, 0.3) is 10.9 Å². The van der Waals surface area contributed by atoms with Gasteiger partial charge in [-0.1, -0.05) is 13.8 Å². The van der Waals surface area contributed by atoms with Crippen LogP contribution in [0.2, 0.25) is 0 Å². The van der Waals surface area contributed by atoms with Crippen LogP contribution in [0.4, 0.5) is 0 Å². The van der Waals surface area contributed by atoms with E-state index in [1.54, 1.807) is 0 Å². The van der Waals surface area contributed by atoms with Crippen LogP contribution in [0.5, 0.6) is 5.75 Å². The summed E-state index contributed by atoms with van der Waals surface area (Å²) in [5, 5.41) is 14.7. The fourth-order valence-corrected chi connectivity index (χ4v) is 3.59. The first kappa shape index (κ1) is 18.2. The number of hydrogen-bond acceptors (Lipinski definition) is 4. The topological polar surface area (TPSA) is 57.3 Å². The van der Waals surface area contributed by atoms with E-state index in [2.05, 4.69) is 37.1 Å². The molecule has 23 heavy (non-hydrogen) atoms. The highest BCUT2D eigenvalue weighted by Gasteiger charge is 2.22. The number of nitrogens with one attached hydrogen (secondary N) is 2. The number of aromatic amines is 1. The Bertz CT molecular complexity index is 629. The van der Waals surface area contributed by atoms with Gasteiger partial charge in [-0.05, 0) is 49.8 Å². The molecular weight excluding hydrogens is 308 g/mol. The standard InChI is InChI=1S/C18H28N2O2S/c1-5-18(4,23-6-2)20-11-14(21)12-22-17-10-13(3)9-16-15(17)7-8-19-16/h7-10,14,19-21H,5-6,11-12H2,1-4H3. The summed E-state index contributed by atoms with van der Waals surface area (Å²) in [5.74, 6) is 1.88. The van der Waals surface area contributed by atoms with Crippen LogP contribution in [0.1, 0.15) is 32.8 Å². The Morgan fingerprint density at radius 2 is 2.17 bits per heavy atom. The van der Waals surface area contributed by atoms with Crippen molar-refractivity contribution in [2.75, 3.05) is 18.9 Å². The van der Waals surface area contributed by atoms with Gasteiger partial charge in [0.05, 0.1) is 4.87 Å². The highest BCUT2D eigenvalue weighted by atomic mass is 32.2. The zero-order chi connectivity index (χ0) is 16.9. The minimum Gasteiger partial charge on any atom is -0.490 e. The molecule has 3 N–H and O–H groups in total. The van der Waals surface area contributed by atoms with Crippen LogP contribution in [0, 0.1) is 6.92 Å². The Kier molecular flexibility index (Phi) is 6.39. The van der Waals surface area contributed by atoms with E-state index in [-0.39, 0.29) is 11.5 Å². The van der Waals surface area contributed by atoms with Crippen LogP contribution < -0.4 is 10.1 Å². The predicted molar refractivity (Wildman–Crippen MR) is 99.4 cm³/mol. The number of aliphatic hydroxyl groups is 1. The molecule has 0 saturated heterocycles. The minimum absolute atomic E-state index is 0.00691. The largest absolute Gasteiger partial charge is 0.490 e. The molecule has 0 saturated carbocycles. The second kappa shape index (κ2) is 8.08. The molecule has 128 valence electrons. The molecule has 2 atom stereocenters. The molecule has 1 heterocycles. The average molecular weight is 337 g/mol. The summed E-state index contributed by atoms with van der Waals surface area (Å²) in [4.78, 5) is 3.20. The first-order valence-corrected chi connectivity index (χ1v) is 9.23. The van der Waals surface area contributed by atoms with E-state index < -0.39 is 6.10 Å². The quantitative estimate of drug-likeness (QED) is 0.611. The van der Waals surface area contributed by atoms with E-state index in [1.807, 2.05) is 37.0 Å². The third-order valence-corrected chi connectivity index (χ3v) is 5.41. The molecule has 1 aromatic carbocycles. The summed E-state index contributed by atoms with van der Waals surface area (Å²) in [5.41, 5.74) is 2.20. The van der Waals surface area contributed by atoms with Crippen LogP contribution in [0.15, 0.2) is 24.4 Å². The van der Waals surface area contributed by atoms with Crippen molar-refractivity contribution in [3.63, 3.8) is 0 Å². The number of aromatic nitrogens is 1. The van der Waals surface area contributed by atoms with Crippen molar-refractivity contribution in [1.29, 1.82) is 0 Å². The first-order chi connectivity index (χ1) is 11.0. The maximum Gasteiger partial charge on any atom is 0.129 e. The van der Waals surface area contributed by atoms with E-state index in [0.717, 1.165) is 34.4 Å². The average Bonchev–Trinajstić information content (AvgIpc) is 2.99. The molecule has 0 aliphatic rings. The van der Waals surface area contributed by atoms with Gasteiger partial charge in [0.15, 0.2) is 0 Å². The van der Waals surface area contributed by atoms with Gasteiger partial charge < -0.3 is 20.1 Å². The predicted octanol–water partition coefficient (Wildman–Crippen LogP) is 3.68. The highest BCUT2D eigenvalue weighted by molar-refractivity contribution is 8.00. The molecule has 0 aliphatic heterocycles. The lowest BCUT2D eigenvalue weighted by Crippen LogP contribution is -2.44. The Morgan fingerprint density at radius 1 is 1.39 bits per heavy atom. The fourth-order valence-electron chi connectivity index (χ4n) is 2.57. The molecule has 4 nitrogen and oxygen atoms in total. The zero-order valence-corrected chi connectivity index (χ0v) is 15.3. The third kappa shape index (κ3) is 4.90. The molecule has 5 heteroatoms. The summed E-state index contributed by atoms with van der Waals surface area (Å²) >= 11 is 1.87. The Hall–Kier alpha value is -1.17. The van der Waals surface area contributed by atoms with Crippen LogP contribution >= 0.6 is 11.8 Å². The number of H-pyrrole nitrogens is 1. The number of aliphatic hydroxyl groups excluding tert-OH is 1. The van der Waals surface area contributed by atoms with Crippen molar-refractivity contribution in [2.45, 2.75) is 45.1 Å². The van der Waals surface area contributed by atoms with E-state index in [9.17, 15) is 5.11 Å². The van der Waals surface area contributed by atoms with Gasteiger partial charge in [-0.3, -0.25) is 0 Å². The van der Waals surface area contributed by atoms with Crippen molar-refractivity contribution in [3.05, 3.63) is 30.0 Å². The Labute approximate surface area is 143 Å². The van der Waals surface area contributed by atoms with Crippen LogP contribution in [-0.2, 0) is 0 Å². The van der Waals surface area contributed by atoms with Gasteiger partial charge in [-0.2, -0.15) is 0 Å². The number of benzene rings is 1.